The average Bonchev–Trinajstić information content (AvgIpc) is 3.35. The van der Waals surface area contributed by atoms with E-state index in [0.717, 1.165) is 35.5 Å². The van der Waals surface area contributed by atoms with Crippen molar-refractivity contribution in [3.63, 3.8) is 0 Å². The lowest BCUT2D eigenvalue weighted by molar-refractivity contribution is 0.0664. The number of aromatic amines is 1. The molecule has 1 amide bonds. The summed E-state index contributed by atoms with van der Waals surface area (Å²) < 4.78 is 2.15. The SMILES string of the molecule is CC1CCN(C(=O)c2cncnc2)CC1c1ncc2cnc3[nH]ccc3n12. The van der Waals surface area contributed by atoms with Crippen LogP contribution < -0.4 is 0 Å². The van der Waals surface area contributed by atoms with E-state index < -0.39 is 0 Å². The monoisotopic (exact) mass is 361 g/mol. The smallest absolute Gasteiger partial charge is 0.257 e. The van der Waals surface area contributed by atoms with Crippen LogP contribution in [-0.2, 0) is 0 Å². The molecule has 1 saturated heterocycles. The molecular formula is C19H19N7O. The van der Waals surface area contributed by atoms with Gasteiger partial charge in [0, 0.05) is 37.6 Å². The molecule has 1 aliphatic heterocycles. The van der Waals surface area contributed by atoms with Gasteiger partial charge in [0.15, 0.2) is 5.65 Å². The largest absolute Gasteiger partial charge is 0.345 e. The Morgan fingerprint density at radius 1 is 1.19 bits per heavy atom. The van der Waals surface area contributed by atoms with Gasteiger partial charge in [-0.1, -0.05) is 6.92 Å². The Hall–Kier alpha value is -3.29. The number of rotatable bonds is 2. The quantitative estimate of drug-likeness (QED) is 0.591. The summed E-state index contributed by atoms with van der Waals surface area (Å²) >= 11 is 0. The third kappa shape index (κ3) is 2.56. The van der Waals surface area contributed by atoms with Crippen molar-refractivity contribution in [3.05, 3.63) is 54.8 Å². The number of carbonyl (C=O) groups excluding carboxylic acids is 1. The molecule has 8 nitrogen and oxygen atoms in total. The molecule has 0 aromatic carbocycles. The van der Waals surface area contributed by atoms with Gasteiger partial charge in [0.2, 0.25) is 0 Å². The standard InChI is InChI=1S/C19H19N7O/c1-12-3-5-25(19(27)13-6-20-11-21-7-13)10-15(12)18-24-9-14-8-23-17-16(26(14)18)2-4-22-17/h2,4,6-9,11-12,15,22H,3,5,10H2,1H3. The van der Waals surface area contributed by atoms with Crippen molar-refractivity contribution in [2.45, 2.75) is 19.3 Å². The first-order chi connectivity index (χ1) is 13.2. The topological polar surface area (TPSA) is 92.1 Å². The molecule has 0 aliphatic carbocycles. The van der Waals surface area contributed by atoms with Gasteiger partial charge in [-0.05, 0) is 18.4 Å². The van der Waals surface area contributed by atoms with E-state index in [1.165, 1.54) is 6.33 Å². The lowest BCUT2D eigenvalue weighted by Gasteiger charge is -2.36. The predicted octanol–water partition coefficient (Wildman–Crippen LogP) is 2.27. The van der Waals surface area contributed by atoms with Crippen molar-refractivity contribution in [1.29, 1.82) is 0 Å². The number of nitrogens with zero attached hydrogens (tertiary/aromatic N) is 6. The normalized spacial score (nSPS) is 20.4. The Kier molecular flexibility index (Phi) is 3.63. The summed E-state index contributed by atoms with van der Waals surface area (Å²) in [6.07, 6.45) is 11.1. The minimum absolute atomic E-state index is 0.0261. The third-order valence-corrected chi connectivity index (χ3v) is 5.47. The summed E-state index contributed by atoms with van der Waals surface area (Å²) in [4.78, 5) is 35.0. The number of likely N-dealkylation sites (tertiary alicyclic amines) is 1. The predicted molar refractivity (Wildman–Crippen MR) is 99.3 cm³/mol. The fraction of sp³-hybridized carbons (Fsp3) is 0.316. The molecule has 0 bridgehead atoms. The van der Waals surface area contributed by atoms with Gasteiger partial charge in [0.1, 0.15) is 12.2 Å². The molecule has 2 unspecified atom stereocenters. The second kappa shape index (κ2) is 6.15. The van der Waals surface area contributed by atoms with E-state index in [0.29, 0.717) is 18.0 Å². The Morgan fingerprint density at radius 2 is 2.00 bits per heavy atom. The van der Waals surface area contributed by atoms with Crippen molar-refractivity contribution < 1.29 is 4.79 Å². The highest BCUT2D eigenvalue weighted by Gasteiger charge is 2.33. The van der Waals surface area contributed by atoms with Crippen LogP contribution in [0.15, 0.2) is 43.4 Å². The van der Waals surface area contributed by atoms with E-state index in [9.17, 15) is 4.79 Å². The zero-order valence-electron chi connectivity index (χ0n) is 14.9. The summed E-state index contributed by atoms with van der Waals surface area (Å²) in [6, 6.07) is 2.01. The van der Waals surface area contributed by atoms with E-state index in [2.05, 4.69) is 31.3 Å². The van der Waals surface area contributed by atoms with Crippen LogP contribution in [0.1, 0.15) is 35.4 Å². The molecule has 5 heterocycles. The summed E-state index contributed by atoms with van der Waals surface area (Å²) in [5.74, 6) is 1.53. The highest BCUT2D eigenvalue weighted by atomic mass is 16.2. The number of imidazole rings is 1. The number of amides is 1. The van der Waals surface area contributed by atoms with Crippen LogP contribution in [0.4, 0.5) is 0 Å². The van der Waals surface area contributed by atoms with Gasteiger partial charge in [-0.25, -0.2) is 19.9 Å². The molecule has 1 N–H and O–H groups in total. The van der Waals surface area contributed by atoms with Crippen molar-refractivity contribution >= 4 is 22.6 Å². The number of hydrogen-bond acceptors (Lipinski definition) is 5. The van der Waals surface area contributed by atoms with Crippen LogP contribution in [0.3, 0.4) is 0 Å². The van der Waals surface area contributed by atoms with Crippen LogP contribution in [0.25, 0.3) is 16.7 Å². The highest BCUT2D eigenvalue weighted by molar-refractivity contribution is 5.93. The molecule has 27 heavy (non-hydrogen) atoms. The van der Waals surface area contributed by atoms with Crippen molar-refractivity contribution in [2.75, 3.05) is 13.1 Å². The van der Waals surface area contributed by atoms with Crippen LogP contribution in [0.5, 0.6) is 0 Å². The fourth-order valence-electron chi connectivity index (χ4n) is 3.94. The maximum absolute atomic E-state index is 12.9. The number of piperidine rings is 1. The number of nitrogens with one attached hydrogen (secondary N) is 1. The summed E-state index contributed by atoms with van der Waals surface area (Å²) in [7, 11) is 0. The Balaban J connectivity index is 1.53. The summed E-state index contributed by atoms with van der Waals surface area (Å²) in [5, 5.41) is 0. The lowest BCUT2D eigenvalue weighted by atomic mass is 9.86. The van der Waals surface area contributed by atoms with E-state index >= 15 is 0 Å². The fourth-order valence-corrected chi connectivity index (χ4v) is 3.94. The molecule has 8 heteroatoms. The van der Waals surface area contributed by atoms with Crippen LogP contribution >= 0.6 is 0 Å². The maximum Gasteiger partial charge on any atom is 0.257 e. The first kappa shape index (κ1) is 15.9. The van der Waals surface area contributed by atoms with E-state index in [1.54, 1.807) is 12.4 Å². The van der Waals surface area contributed by atoms with Crippen molar-refractivity contribution in [1.82, 2.24) is 34.2 Å². The Labute approximate surface area is 155 Å². The average molecular weight is 361 g/mol. The second-order valence-corrected chi connectivity index (χ2v) is 7.10. The first-order valence-corrected chi connectivity index (χ1v) is 9.06. The van der Waals surface area contributed by atoms with Crippen molar-refractivity contribution in [2.24, 2.45) is 5.92 Å². The van der Waals surface area contributed by atoms with Gasteiger partial charge in [-0.3, -0.25) is 9.20 Å². The second-order valence-electron chi connectivity index (χ2n) is 7.10. The molecule has 1 fully saturated rings. The molecule has 4 aromatic heterocycles. The molecule has 1 aliphatic rings. The molecule has 5 rings (SSSR count). The van der Waals surface area contributed by atoms with E-state index in [4.69, 9.17) is 4.98 Å². The van der Waals surface area contributed by atoms with E-state index in [-0.39, 0.29) is 11.8 Å². The molecule has 4 aromatic rings. The number of hydrogen-bond donors (Lipinski definition) is 1. The van der Waals surface area contributed by atoms with Gasteiger partial charge in [-0.15, -0.1) is 0 Å². The minimum atomic E-state index is -0.0261. The minimum Gasteiger partial charge on any atom is -0.345 e. The van der Waals surface area contributed by atoms with Gasteiger partial charge < -0.3 is 9.88 Å². The summed E-state index contributed by atoms with van der Waals surface area (Å²) in [5.41, 5.74) is 3.33. The first-order valence-electron chi connectivity index (χ1n) is 9.06. The van der Waals surface area contributed by atoms with E-state index in [1.807, 2.05) is 29.6 Å². The number of H-pyrrole nitrogens is 1. The molecule has 136 valence electrons. The lowest BCUT2D eigenvalue weighted by Crippen LogP contribution is -2.42. The summed E-state index contributed by atoms with van der Waals surface area (Å²) in [6.45, 7) is 3.59. The zero-order valence-corrected chi connectivity index (χ0v) is 14.9. The number of fused-ring (bicyclic) bond motifs is 3. The highest BCUT2D eigenvalue weighted by Crippen LogP contribution is 2.33. The Morgan fingerprint density at radius 3 is 2.85 bits per heavy atom. The molecule has 0 saturated carbocycles. The number of carbonyl (C=O) groups is 1. The van der Waals surface area contributed by atoms with Gasteiger partial charge in [-0.2, -0.15) is 0 Å². The molecule has 0 spiro atoms. The van der Waals surface area contributed by atoms with Gasteiger partial charge in [0.25, 0.3) is 5.91 Å². The zero-order chi connectivity index (χ0) is 18.4. The van der Waals surface area contributed by atoms with Crippen LogP contribution in [-0.4, -0.2) is 53.2 Å². The molecule has 0 radical (unpaired) electrons. The Bertz CT molecular complexity index is 1120. The molecular weight excluding hydrogens is 342 g/mol. The van der Waals surface area contributed by atoms with Crippen molar-refractivity contribution in [3.8, 4) is 0 Å². The number of aromatic nitrogens is 6. The van der Waals surface area contributed by atoms with Gasteiger partial charge in [0.05, 0.1) is 29.0 Å². The molecule has 2 atom stereocenters. The van der Waals surface area contributed by atoms with Crippen LogP contribution in [0, 0.1) is 5.92 Å². The maximum atomic E-state index is 12.9. The van der Waals surface area contributed by atoms with Gasteiger partial charge >= 0.3 is 0 Å². The third-order valence-electron chi connectivity index (χ3n) is 5.47. The van der Waals surface area contributed by atoms with Crippen LogP contribution in [0.2, 0.25) is 0 Å².